The van der Waals surface area contributed by atoms with Gasteiger partial charge in [0.1, 0.15) is 5.69 Å². The second-order valence-corrected chi connectivity index (χ2v) is 6.51. The number of Topliss-reactive ketones (excluding diaryl/α,β-unsaturated/α-hetero) is 1. The standard InChI is InChI=1S/C17H25N3O3/c1-13(21)14-10-16(18(2)11-14)17(22)20-7-5-19(6-8-20)12-15-4-3-9-23-15/h10-11,15H,3-9,12H2,1-2H3/t15-/m0/s1. The molecule has 2 aliphatic rings. The molecule has 23 heavy (non-hydrogen) atoms. The molecule has 1 atom stereocenters. The molecule has 2 fully saturated rings. The number of rotatable bonds is 4. The van der Waals surface area contributed by atoms with Gasteiger partial charge in [-0.05, 0) is 25.8 Å². The van der Waals surface area contributed by atoms with E-state index in [-0.39, 0.29) is 11.7 Å². The maximum atomic E-state index is 12.7. The van der Waals surface area contributed by atoms with E-state index in [9.17, 15) is 9.59 Å². The topological polar surface area (TPSA) is 54.8 Å². The fraction of sp³-hybridized carbons (Fsp3) is 0.647. The molecule has 0 N–H and O–H groups in total. The molecular weight excluding hydrogens is 294 g/mol. The van der Waals surface area contributed by atoms with Crippen LogP contribution < -0.4 is 0 Å². The summed E-state index contributed by atoms with van der Waals surface area (Å²) in [6, 6.07) is 1.70. The number of aromatic nitrogens is 1. The third kappa shape index (κ3) is 3.64. The van der Waals surface area contributed by atoms with Crippen molar-refractivity contribution in [1.82, 2.24) is 14.4 Å². The Morgan fingerprint density at radius 2 is 2.00 bits per heavy atom. The van der Waals surface area contributed by atoms with Crippen molar-refractivity contribution in [3.05, 3.63) is 23.5 Å². The summed E-state index contributed by atoms with van der Waals surface area (Å²) in [6.07, 6.45) is 4.40. The number of hydrogen-bond acceptors (Lipinski definition) is 4. The van der Waals surface area contributed by atoms with Crippen molar-refractivity contribution in [2.45, 2.75) is 25.9 Å². The van der Waals surface area contributed by atoms with Crippen LogP contribution in [0.25, 0.3) is 0 Å². The number of ether oxygens (including phenoxy) is 1. The van der Waals surface area contributed by atoms with Gasteiger partial charge in [-0.15, -0.1) is 0 Å². The Morgan fingerprint density at radius 3 is 2.57 bits per heavy atom. The Labute approximate surface area is 137 Å². The highest BCUT2D eigenvalue weighted by atomic mass is 16.5. The van der Waals surface area contributed by atoms with Gasteiger partial charge in [-0.2, -0.15) is 0 Å². The zero-order valence-electron chi connectivity index (χ0n) is 14.0. The molecule has 0 saturated carbocycles. The first-order chi connectivity index (χ1) is 11.0. The summed E-state index contributed by atoms with van der Waals surface area (Å²) in [5, 5.41) is 0. The molecule has 6 heteroatoms. The van der Waals surface area contributed by atoms with E-state index < -0.39 is 0 Å². The van der Waals surface area contributed by atoms with E-state index in [4.69, 9.17) is 4.74 Å². The normalized spacial score (nSPS) is 22.5. The number of carbonyl (C=O) groups excluding carboxylic acids is 2. The van der Waals surface area contributed by atoms with E-state index >= 15 is 0 Å². The first-order valence-electron chi connectivity index (χ1n) is 8.35. The number of hydrogen-bond donors (Lipinski definition) is 0. The van der Waals surface area contributed by atoms with Crippen molar-refractivity contribution in [2.24, 2.45) is 7.05 Å². The van der Waals surface area contributed by atoms with Gasteiger partial charge in [0.15, 0.2) is 5.78 Å². The van der Waals surface area contributed by atoms with Crippen LogP contribution >= 0.6 is 0 Å². The third-order valence-corrected chi connectivity index (χ3v) is 4.78. The van der Waals surface area contributed by atoms with Crippen molar-refractivity contribution in [3.63, 3.8) is 0 Å². The van der Waals surface area contributed by atoms with Crippen LogP contribution in [0.2, 0.25) is 0 Å². The molecule has 0 aromatic carbocycles. The molecule has 1 aromatic rings. The maximum Gasteiger partial charge on any atom is 0.270 e. The number of amides is 1. The Hall–Kier alpha value is -1.66. The fourth-order valence-corrected chi connectivity index (χ4v) is 3.34. The van der Waals surface area contributed by atoms with E-state index in [1.807, 2.05) is 11.9 Å². The van der Waals surface area contributed by atoms with E-state index in [1.54, 1.807) is 16.8 Å². The van der Waals surface area contributed by atoms with Crippen molar-refractivity contribution >= 4 is 11.7 Å². The highest BCUT2D eigenvalue weighted by Crippen LogP contribution is 2.16. The SMILES string of the molecule is CC(=O)c1cc(C(=O)N2CCN(C[C@@H]3CCCO3)CC2)n(C)c1. The fourth-order valence-electron chi connectivity index (χ4n) is 3.34. The molecule has 0 aliphatic carbocycles. The molecule has 0 bridgehead atoms. The van der Waals surface area contributed by atoms with E-state index in [1.165, 1.54) is 6.92 Å². The Morgan fingerprint density at radius 1 is 1.26 bits per heavy atom. The third-order valence-electron chi connectivity index (χ3n) is 4.78. The summed E-state index contributed by atoms with van der Waals surface area (Å²) < 4.78 is 7.43. The van der Waals surface area contributed by atoms with E-state index in [0.29, 0.717) is 17.4 Å². The van der Waals surface area contributed by atoms with Crippen molar-refractivity contribution in [1.29, 1.82) is 0 Å². The molecule has 1 aromatic heterocycles. The number of ketones is 1. The summed E-state index contributed by atoms with van der Waals surface area (Å²) in [5.74, 6) is -0.00204. The summed E-state index contributed by atoms with van der Waals surface area (Å²) in [5.41, 5.74) is 1.18. The molecule has 2 saturated heterocycles. The number of nitrogens with zero attached hydrogens (tertiary/aromatic N) is 3. The lowest BCUT2D eigenvalue weighted by Crippen LogP contribution is -2.50. The zero-order chi connectivity index (χ0) is 16.4. The van der Waals surface area contributed by atoms with Gasteiger partial charge in [-0.25, -0.2) is 0 Å². The lowest BCUT2D eigenvalue weighted by molar-refractivity contribution is 0.0428. The Bertz CT molecular complexity index is 582. The predicted octanol–water partition coefficient (Wildman–Crippen LogP) is 1.16. The highest BCUT2D eigenvalue weighted by molar-refractivity contribution is 5.99. The highest BCUT2D eigenvalue weighted by Gasteiger charge is 2.26. The van der Waals surface area contributed by atoms with Crippen LogP contribution in [0.5, 0.6) is 0 Å². The number of piperazine rings is 1. The van der Waals surface area contributed by atoms with Gasteiger partial charge in [-0.1, -0.05) is 0 Å². The smallest absolute Gasteiger partial charge is 0.270 e. The predicted molar refractivity (Wildman–Crippen MR) is 86.7 cm³/mol. The van der Waals surface area contributed by atoms with Crippen molar-refractivity contribution in [3.8, 4) is 0 Å². The average Bonchev–Trinajstić information content (AvgIpc) is 3.17. The summed E-state index contributed by atoms with van der Waals surface area (Å²) in [4.78, 5) is 28.4. The van der Waals surface area contributed by atoms with Crippen LogP contribution in [-0.2, 0) is 11.8 Å². The van der Waals surface area contributed by atoms with Gasteiger partial charge in [-0.3, -0.25) is 14.5 Å². The van der Waals surface area contributed by atoms with Gasteiger partial charge < -0.3 is 14.2 Å². The molecule has 0 radical (unpaired) electrons. The van der Waals surface area contributed by atoms with Crippen LogP contribution in [0, 0.1) is 0 Å². The monoisotopic (exact) mass is 319 g/mol. The zero-order valence-corrected chi connectivity index (χ0v) is 14.0. The van der Waals surface area contributed by atoms with Gasteiger partial charge in [0, 0.05) is 58.1 Å². The number of carbonyl (C=O) groups is 2. The van der Waals surface area contributed by atoms with Gasteiger partial charge >= 0.3 is 0 Å². The molecule has 6 nitrogen and oxygen atoms in total. The minimum Gasteiger partial charge on any atom is -0.377 e. The van der Waals surface area contributed by atoms with Gasteiger partial charge in [0.25, 0.3) is 5.91 Å². The van der Waals surface area contributed by atoms with Gasteiger partial charge in [0.2, 0.25) is 0 Å². The lowest BCUT2D eigenvalue weighted by Gasteiger charge is -2.35. The Kier molecular flexibility index (Phi) is 4.82. The maximum absolute atomic E-state index is 12.7. The minimum atomic E-state index is -0.0129. The second-order valence-electron chi connectivity index (χ2n) is 6.51. The quantitative estimate of drug-likeness (QED) is 0.782. The van der Waals surface area contributed by atoms with Crippen LogP contribution in [0.3, 0.4) is 0 Å². The van der Waals surface area contributed by atoms with Gasteiger partial charge in [0.05, 0.1) is 6.10 Å². The molecule has 1 amide bonds. The molecule has 0 unspecified atom stereocenters. The lowest BCUT2D eigenvalue weighted by atomic mass is 10.2. The molecule has 0 spiro atoms. The average molecular weight is 319 g/mol. The second kappa shape index (κ2) is 6.84. The largest absolute Gasteiger partial charge is 0.377 e. The first kappa shape index (κ1) is 16.2. The van der Waals surface area contributed by atoms with Crippen molar-refractivity contribution in [2.75, 3.05) is 39.3 Å². The van der Waals surface area contributed by atoms with E-state index in [0.717, 1.165) is 52.2 Å². The molecule has 3 rings (SSSR count). The Balaban J connectivity index is 1.56. The molecular formula is C17H25N3O3. The number of aryl methyl sites for hydroxylation is 1. The first-order valence-corrected chi connectivity index (χ1v) is 8.35. The van der Waals surface area contributed by atoms with Crippen LogP contribution in [0.15, 0.2) is 12.3 Å². The molecule has 3 heterocycles. The summed E-state index contributed by atoms with van der Waals surface area (Å²) in [7, 11) is 1.81. The van der Waals surface area contributed by atoms with E-state index in [2.05, 4.69) is 4.90 Å². The van der Waals surface area contributed by atoms with Crippen LogP contribution in [0.4, 0.5) is 0 Å². The van der Waals surface area contributed by atoms with Crippen molar-refractivity contribution < 1.29 is 14.3 Å². The van der Waals surface area contributed by atoms with Crippen LogP contribution in [-0.4, -0.2) is 71.5 Å². The van der Waals surface area contributed by atoms with Crippen LogP contribution in [0.1, 0.15) is 40.6 Å². The summed E-state index contributed by atoms with van der Waals surface area (Å²) >= 11 is 0. The molecule has 126 valence electrons. The minimum absolute atomic E-state index is 0.0109. The summed E-state index contributed by atoms with van der Waals surface area (Å²) in [6.45, 7) is 6.60. The molecule has 2 aliphatic heterocycles.